The molecule has 2 nitrogen and oxygen atoms in total. The van der Waals surface area contributed by atoms with Gasteiger partial charge in [0.2, 0.25) is 0 Å². The summed E-state index contributed by atoms with van der Waals surface area (Å²) >= 11 is 0. The van der Waals surface area contributed by atoms with Crippen LogP contribution >= 0.6 is 0 Å². The van der Waals surface area contributed by atoms with E-state index in [0.29, 0.717) is 6.10 Å². The maximum atomic E-state index is 5.91. The second kappa shape index (κ2) is 5.86. The summed E-state index contributed by atoms with van der Waals surface area (Å²) in [6.45, 7) is 4.27. The Morgan fingerprint density at radius 1 is 1.27 bits per heavy atom. The van der Waals surface area contributed by atoms with Gasteiger partial charge in [0.1, 0.15) is 0 Å². The monoisotopic (exact) mass is 211 g/mol. The minimum atomic E-state index is 0.450. The van der Waals surface area contributed by atoms with Gasteiger partial charge in [-0.25, -0.2) is 0 Å². The molecule has 0 aliphatic heterocycles. The molecule has 2 fully saturated rings. The molecule has 88 valence electrons. The van der Waals surface area contributed by atoms with Crippen LogP contribution in [0.3, 0.4) is 0 Å². The molecule has 0 aromatic rings. The molecule has 0 amide bonds. The molecular weight excluding hydrogens is 186 g/mol. The van der Waals surface area contributed by atoms with Crippen LogP contribution in [-0.2, 0) is 4.74 Å². The smallest absolute Gasteiger partial charge is 0.0696 e. The van der Waals surface area contributed by atoms with E-state index in [1.807, 2.05) is 0 Å². The van der Waals surface area contributed by atoms with Gasteiger partial charge in [-0.1, -0.05) is 26.2 Å². The third-order valence-corrected chi connectivity index (χ3v) is 3.77. The Kier molecular flexibility index (Phi) is 4.45. The maximum Gasteiger partial charge on any atom is 0.0696 e. The van der Waals surface area contributed by atoms with Crippen molar-refractivity contribution < 1.29 is 4.74 Å². The summed E-state index contributed by atoms with van der Waals surface area (Å²) < 4.78 is 5.91. The summed E-state index contributed by atoms with van der Waals surface area (Å²) in [5.74, 6) is 0.985. The Morgan fingerprint density at radius 2 is 2.07 bits per heavy atom. The van der Waals surface area contributed by atoms with Crippen molar-refractivity contribution in [1.29, 1.82) is 0 Å². The van der Waals surface area contributed by atoms with Crippen LogP contribution in [0.15, 0.2) is 0 Å². The lowest BCUT2D eigenvalue weighted by Gasteiger charge is -2.26. The first-order valence-electron chi connectivity index (χ1n) is 6.73. The van der Waals surface area contributed by atoms with Gasteiger partial charge in [-0.05, 0) is 31.6 Å². The first-order chi connectivity index (χ1) is 7.38. The highest BCUT2D eigenvalue weighted by molar-refractivity contribution is 4.81. The molecule has 0 radical (unpaired) electrons. The van der Waals surface area contributed by atoms with Gasteiger partial charge in [0.15, 0.2) is 0 Å². The van der Waals surface area contributed by atoms with Crippen molar-refractivity contribution in [3.8, 4) is 0 Å². The molecule has 2 aliphatic rings. The summed E-state index contributed by atoms with van der Waals surface area (Å²) in [5.41, 5.74) is 0. The Labute approximate surface area is 93.8 Å². The largest absolute Gasteiger partial charge is 0.377 e. The number of hydrogen-bond donors (Lipinski definition) is 1. The molecule has 0 saturated heterocycles. The zero-order valence-electron chi connectivity index (χ0n) is 10.0. The molecule has 0 bridgehead atoms. The topological polar surface area (TPSA) is 21.3 Å². The van der Waals surface area contributed by atoms with Crippen molar-refractivity contribution in [2.45, 2.75) is 64.0 Å². The predicted octanol–water partition coefficient (Wildman–Crippen LogP) is 2.72. The molecular formula is C13H25NO. The van der Waals surface area contributed by atoms with Gasteiger partial charge in [-0.15, -0.1) is 0 Å². The van der Waals surface area contributed by atoms with Crippen molar-refractivity contribution in [2.24, 2.45) is 5.92 Å². The van der Waals surface area contributed by atoms with E-state index in [0.717, 1.165) is 31.5 Å². The highest BCUT2D eigenvalue weighted by atomic mass is 16.5. The maximum absolute atomic E-state index is 5.91. The summed E-state index contributed by atoms with van der Waals surface area (Å²) in [5, 5.41) is 3.55. The van der Waals surface area contributed by atoms with Crippen molar-refractivity contribution in [3.05, 3.63) is 0 Å². The quantitative estimate of drug-likeness (QED) is 0.666. The van der Waals surface area contributed by atoms with Crippen LogP contribution in [0, 0.1) is 5.92 Å². The Hall–Kier alpha value is -0.0800. The fourth-order valence-corrected chi connectivity index (χ4v) is 2.09. The van der Waals surface area contributed by atoms with E-state index in [1.54, 1.807) is 0 Å². The SMILES string of the molecule is CCC(CNC1CC1)OCCC1CCC1. The molecule has 2 saturated carbocycles. The Morgan fingerprint density at radius 3 is 2.60 bits per heavy atom. The molecule has 0 aromatic heterocycles. The van der Waals surface area contributed by atoms with Gasteiger partial charge in [-0.3, -0.25) is 0 Å². The minimum Gasteiger partial charge on any atom is -0.377 e. The van der Waals surface area contributed by atoms with E-state index in [9.17, 15) is 0 Å². The lowest BCUT2D eigenvalue weighted by molar-refractivity contribution is 0.0358. The van der Waals surface area contributed by atoms with Crippen molar-refractivity contribution >= 4 is 0 Å². The van der Waals surface area contributed by atoms with Crippen molar-refractivity contribution in [2.75, 3.05) is 13.2 Å². The molecule has 1 N–H and O–H groups in total. The Balaban J connectivity index is 1.49. The molecule has 0 spiro atoms. The standard InChI is InChI=1S/C13H25NO/c1-2-13(10-14-12-6-7-12)15-9-8-11-4-3-5-11/h11-14H,2-10H2,1H3. The molecule has 0 aromatic carbocycles. The summed E-state index contributed by atoms with van der Waals surface area (Å²) in [4.78, 5) is 0. The van der Waals surface area contributed by atoms with Crippen LogP contribution in [0.25, 0.3) is 0 Å². The zero-order valence-corrected chi connectivity index (χ0v) is 10.0. The summed E-state index contributed by atoms with van der Waals surface area (Å²) in [6, 6.07) is 0.814. The molecule has 1 atom stereocenters. The first kappa shape index (κ1) is 11.4. The fraction of sp³-hybridized carbons (Fsp3) is 1.00. The minimum absolute atomic E-state index is 0.450. The van der Waals surface area contributed by atoms with Crippen LogP contribution < -0.4 is 5.32 Å². The second-order valence-corrected chi connectivity index (χ2v) is 5.17. The van der Waals surface area contributed by atoms with Crippen LogP contribution in [0.4, 0.5) is 0 Å². The van der Waals surface area contributed by atoms with E-state index < -0.39 is 0 Å². The van der Waals surface area contributed by atoms with Crippen LogP contribution in [0.1, 0.15) is 51.9 Å². The van der Waals surface area contributed by atoms with Gasteiger partial charge >= 0.3 is 0 Å². The van der Waals surface area contributed by atoms with Gasteiger partial charge in [0.25, 0.3) is 0 Å². The van der Waals surface area contributed by atoms with Crippen LogP contribution in [0.2, 0.25) is 0 Å². The molecule has 2 aliphatic carbocycles. The first-order valence-corrected chi connectivity index (χ1v) is 6.73. The number of nitrogens with one attached hydrogen (secondary N) is 1. The van der Waals surface area contributed by atoms with Gasteiger partial charge in [0.05, 0.1) is 6.10 Å². The summed E-state index contributed by atoms with van der Waals surface area (Å²) in [6.07, 6.45) is 9.97. The zero-order chi connectivity index (χ0) is 10.5. The second-order valence-electron chi connectivity index (χ2n) is 5.17. The number of hydrogen-bond acceptors (Lipinski definition) is 2. The number of ether oxygens (including phenoxy) is 1. The van der Waals surface area contributed by atoms with E-state index in [2.05, 4.69) is 12.2 Å². The average molecular weight is 211 g/mol. The predicted molar refractivity (Wildman–Crippen MR) is 63.0 cm³/mol. The normalized spacial score (nSPS) is 23.8. The van der Waals surface area contributed by atoms with Crippen LogP contribution in [0.5, 0.6) is 0 Å². The molecule has 0 heterocycles. The Bertz CT molecular complexity index is 175. The van der Waals surface area contributed by atoms with Gasteiger partial charge in [0, 0.05) is 19.2 Å². The van der Waals surface area contributed by atoms with E-state index in [1.165, 1.54) is 38.5 Å². The average Bonchev–Trinajstić information content (AvgIpc) is 2.97. The lowest BCUT2D eigenvalue weighted by Crippen LogP contribution is -2.30. The van der Waals surface area contributed by atoms with Crippen molar-refractivity contribution in [1.82, 2.24) is 5.32 Å². The van der Waals surface area contributed by atoms with Crippen LogP contribution in [-0.4, -0.2) is 25.3 Å². The van der Waals surface area contributed by atoms with Crippen molar-refractivity contribution in [3.63, 3.8) is 0 Å². The summed E-state index contributed by atoms with van der Waals surface area (Å²) in [7, 11) is 0. The third kappa shape index (κ3) is 4.12. The van der Waals surface area contributed by atoms with Gasteiger partial charge in [-0.2, -0.15) is 0 Å². The van der Waals surface area contributed by atoms with E-state index in [-0.39, 0.29) is 0 Å². The third-order valence-electron chi connectivity index (χ3n) is 3.77. The highest BCUT2D eigenvalue weighted by Gasteiger charge is 2.22. The molecule has 15 heavy (non-hydrogen) atoms. The molecule has 2 heteroatoms. The fourth-order valence-electron chi connectivity index (χ4n) is 2.09. The highest BCUT2D eigenvalue weighted by Crippen LogP contribution is 2.29. The van der Waals surface area contributed by atoms with E-state index >= 15 is 0 Å². The van der Waals surface area contributed by atoms with Gasteiger partial charge < -0.3 is 10.1 Å². The number of rotatable bonds is 8. The molecule has 1 unspecified atom stereocenters. The van der Waals surface area contributed by atoms with E-state index in [4.69, 9.17) is 4.74 Å². The lowest BCUT2D eigenvalue weighted by atomic mass is 9.83. The molecule has 2 rings (SSSR count).